The lowest BCUT2D eigenvalue weighted by molar-refractivity contribution is 0.158. The van der Waals surface area contributed by atoms with Crippen molar-refractivity contribution in [2.75, 3.05) is 41.0 Å². The van der Waals surface area contributed by atoms with E-state index in [1.165, 1.54) is 5.56 Å². The van der Waals surface area contributed by atoms with Gasteiger partial charge in [-0.05, 0) is 24.7 Å². The molecule has 0 saturated heterocycles. The molecule has 2 N–H and O–H groups in total. The third-order valence-electron chi connectivity index (χ3n) is 2.72. The summed E-state index contributed by atoms with van der Waals surface area (Å²) in [6.07, 6.45) is 0. The zero-order valence-corrected chi connectivity index (χ0v) is 11.9. The number of methoxy groups -OCH3 is 2. The summed E-state index contributed by atoms with van der Waals surface area (Å²) in [6.45, 7) is 2.82. The molecule has 0 atom stereocenters. The Labute approximate surface area is 115 Å². The van der Waals surface area contributed by atoms with Gasteiger partial charge in [0.2, 0.25) is 0 Å². The van der Waals surface area contributed by atoms with Gasteiger partial charge in [-0.1, -0.05) is 17.9 Å². The molecule has 0 aliphatic heterocycles. The van der Waals surface area contributed by atoms with Gasteiger partial charge in [0, 0.05) is 20.2 Å². The van der Waals surface area contributed by atoms with Gasteiger partial charge in [0.05, 0.1) is 25.8 Å². The zero-order chi connectivity index (χ0) is 14.1. The molecule has 0 fully saturated rings. The molecule has 19 heavy (non-hydrogen) atoms. The molecule has 0 spiro atoms. The molecule has 0 bridgehead atoms. The fourth-order valence-electron chi connectivity index (χ4n) is 1.74. The third-order valence-corrected chi connectivity index (χ3v) is 2.72. The number of nitrogens with zero attached hydrogens (tertiary/aromatic N) is 1. The Bertz CT molecular complexity index is 449. The van der Waals surface area contributed by atoms with Gasteiger partial charge in [-0.25, -0.2) is 0 Å². The third kappa shape index (κ3) is 5.31. The first kappa shape index (κ1) is 15.5. The quantitative estimate of drug-likeness (QED) is 0.780. The smallest absolute Gasteiger partial charge is 0.134 e. The molecule has 1 aromatic rings. The lowest BCUT2D eigenvalue weighted by atomic mass is 10.1. The predicted molar refractivity (Wildman–Crippen MR) is 77.1 cm³/mol. The number of nitrogens with two attached hydrogens (primary N) is 1. The first-order valence-electron chi connectivity index (χ1n) is 6.24. The number of likely N-dealkylation sites (N-methyl/N-ethyl adjacent to an activating group) is 1. The molecule has 4 heteroatoms. The van der Waals surface area contributed by atoms with E-state index in [4.69, 9.17) is 15.2 Å². The highest BCUT2D eigenvalue weighted by Crippen LogP contribution is 2.19. The van der Waals surface area contributed by atoms with E-state index in [1.807, 2.05) is 12.1 Å². The highest BCUT2D eigenvalue weighted by Gasteiger charge is 2.04. The second-order valence-electron chi connectivity index (χ2n) is 4.27. The molecule has 1 rings (SSSR count). The summed E-state index contributed by atoms with van der Waals surface area (Å²) in [5.41, 5.74) is 7.48. The number of hydrogen-bond acceptors (Lipinski definition) is 4. The van der Waals surface area contributed by atoms with Gasteiger partial charge in [-0.15, -0.1) is 0 Å². The van der Waals surface area contributed by atoms with E-state index < -0.39 is 0 Å². The summed E-state index contributed by atoms with van der Waals surface area (Å²) in [5, 5.41) is 0. The maximum atomic E-state index is 5.40. The van der Waals surface area contributed by atoms with Crippen LogP contribution in [0.25, 0.3) is 0 Å². The average Bonchev–Trinajstić information content (AvgIpc) is 2.43. The van der Waals surface area contributed by atoms with Gasteiger partial charge in [0.15, 0.2) is 0 Å². The fraction of sp³-hybridized carbons (Fsp3) is 0.467. The van der Waals surface area contributed by atoms with Crippen molar-refractivity contribution in [1.82, 2.24) is 4.90 Å². The van der Waals surface area contributed by atoms with Crippen LogP contribution in [0.15, 0.2) is 18.2 Å². The molecule has 0 heterocycles. The Hall–Kier alpha value is -1.54. The minimum absolute atomic E-state index is 0.348. The lowest BCUT2D eigenvalue weighted by Crippen LogP contribution is -2.22. The van der Waals surface area contributed by atoms with Gasteiger partial charge in [0.1, 0.15) is 5.75 Å². The second kappa shape index (κ2) is 8.54. The SMILES string of the molecule is COCCN(C)Cc1ccc(OC)c(C#CCN)c1. The largest absolute Gasteiger partial charge is 0.495 e. The van der Waals surface area contributed by atoms with Gasteiger partial charge in [0.25, 0.3) is 0 Å². The van der Waals surface area contributed by atoms with E-state index in [1.54, 1.807) is 14.2 Å². The number of ether oxygens (including phenoxy) is 2. The van der Waals surface area contributed by atoms with Gasteiger partial charge in [-0.2, -0.15) is 0 Å². The number of rotatable bonds is 6. The lowest BCUT2D eigenvalue weighted by Gasteiger charge is -2.16. The molecule has 1 aromatic carbocycles. The Morgan fingerprint density at radius 3 is 2.74 bits per heavy atom. The Balaban J connectivity index is 2.80. The minimum Gasteiger partial charge on any atom is -0.495 e. The summed E-state index contributed by atoms with van der Waals surface area (Å²) >= 11 is 0. The molecule has 0 unspecified atom stereocenters. The van der Waals surface area contributed by atoms with E-state index in [9.17, 15) is 0 Å². The monoisotopic (exact) mass is 262 g/mol. The predicted octanol–water partition coefficient (Wildman–Crippen LogP) is 1.08. The molecule has 4 nitrogen and oxygen atoms in total. The second-order valence-corrected chi connectivity index (χ2v) is 4.27. The first-order valence-corrected chi connectivity index (χ1v) is 6.24. The fourth-order valence-corrected chi connectivity index (χ4v) is 1.74. The Morgan fingerprint density at radius 2 is 2.11 bits per heavy atom. The van der Waals surface area contributed by atoms with E-state index in [2.05, 4.69) is 29.9 Å². The van der Waals surface area contributed by atoms with Crippen molar-refractivity contribution in [3.05, 3.63) is 29.3 Å². The van der Waals surface area contributed by atoms with Crippen molar-refractivity contribution < 1.29 is 9.47 Å². The minimum atomic E-state index is 0.348. The van der Waals surface area contributed by atoms with Gasteiger partial charge < -0.3 is 15.2 Å². The molecule has 0 saturated carbocycles. The molecule has 104 valence electrons. The van der Waals surface area contributed by atoms with Crippen molar-refractivity contribution in [3.63, 3.8) is 0 Å². The van der Waals surface area contributed by atoms with Crippen molar-refractivity contribution >= 4 is 0 Å². The maximum absolute atomic E-state index is 5.40. The number of benzene rings is 1. The van der Waals surface area contributed by atoms with Crippen LogP contribution in [-0.2, 0) is 11.3 Å². The van der Waals surface area contributed by atoms with E-state index in [-0.39, 0.29) is 0 Å². The summed E-state index contributed by atoms with van der Waals surface area (Å²) in [7, 11) is 5.42. The summed E-state index contributed by atoms with van der Waals surface area (Å²) in [4.78, 5) is 2.20. The zero-order valence-electron chi connectivity index (χ0n) is 11.9. The highest BCUT2D eigenvalue weighted by molar-refractivity contribution is 5.48. The van der Waals surface area contributed by atoms with Crippen LogP contribution in [-0.4, -0.2) is 45.9 Å². The van der Waals surface area contributed by atoms with Crippen molar-refractivity contribution in [2.45, 2.75) is 6.54 Å². The summed E-state index contributed by atoms with van der Waals surface area (Å²) in [6, 6.07) is 6.04. The van der Waals surface area contributed by atoms with E-state index in [0.29, 0.717) is 6.54 Å². The summed E-state index contributed by atoms with van der Waals surface area (Å²) in [5.74, 6) is 6.68. The molecular formula is C15H22N2O2. The average molecular weight is 262 g/mol. The normalized spacial score (nSPS) is 10.2. The van der Waals surface area contributed by atoms with Gasteiger partial charge >= 0.3 is 0 Å². The number of hydrogen-bond donors (Lipinski definition) is 1. The van der Waals surface area contributed by atoms with Crippen molar-refractivity contribution in [2.24, 2.45) is 5.73 Å². The molecule has 0 amide bonds. The van der Waals surface area contributed by atoms with Crippen LogP contribution in [0.2, 0.25) is 0 Å². The Morgan fingerprint density at radius 1 is 1.32 bits per heavy atom. The van der Waals surface area contributed by atoms with Crippen molar-refractivity contribution in [1.29, 1.82) is 0 Å². The molecular weight excluding hydrogens is 240 g/mol. The maximum Gasteiger partial charge on any atom is 0.134 e. The van der Waals surface area contributed by atoms with Crippen LogP contribution < -0.4 is 10.5 Å². The Kier molecular flexibility index (Phi) is 6.98. The molecule has 0 radical (unpaired) electrons. The first-order chi connectivity index (χ1) is 9.21. The van der Waals surface area contributed by atoms with Crippen LogP contribution >= 0.6 is 0 Å². The van der Waals surface area contributed by atoms with Gasteiger partial charge in [-0.3, -0.25) is 4.90 Å². The standard InChI is InChI=1S/C15H22N2O2/c1-17(9-10-18-2)12-13-6-7-15(19-3)14(11-13)5-4-8-16/h6-7,11H,8-10,12,16H2,1-3H3. The van der Waals surface area contributed by atoms with Crippen molar-refractivity contribution in [3.8, 4) is 17.6 Å². The van der Waals surface area contributed by atoms with Crippen LogP contribution in [0.4, 0.5) is 0 Å². The van der Waals surface area contributed by atoms with Crippen LogP contribution in [0, 0.1) is 11.8 Å². The molecule has 0 aliphatic rings. The van der Waals surface area contributed by atoms with Crippen LogP contribution in [0.1, 0.15) is 11.1 Å². The topological polar surface area (TPSA) is 47.7 Å². The molecule has 0 aromatic heterocycles. The van der Waals surface area contributed by atoms with E-state index in [0.717, 1.165) is 31.0 Å². The highest BCUT2D eigenvalue weighted by atomic mass is 16.5. The van der Waals surface area contributed by atoms with Crippen LogP contribution in [0.3, 0.4) is 0 Å². The van der Waals surface area contributed by atoms with Crippen LogP contribution in [0.5, 0.6) is 5.75 Å². The summed E-state index contributed by atoms with van der Waals surface area (Å²) < 4.78 is 10.4. The van der Waals surface area contributed by atoms with E-state index >= 15 is 0 Å². The molecule has 0 aliphatic carbocycles.